The number of hydrogen-bond donors (Lipinski definition) is 0. The van der Waals surface area contributed by atoms with Crippen molar-refractivity contribution in [2.75, 3.05) is 0 Å². The fourth-order valence-electron chi connectivity index (χ4n) is 4.24. The molecule has 0 spiro atoms. The summed E-state index contributed by atoms with van der Waals surface area (Å²) in [6.07, 6.45) is 2.52. The van der Waals surface area contributed by atoms with Crippen molar-refractivity contribution in [1.82, 2.24) is 0 Å². The second-order valence-electron chi connectivity index (χ2n) is 10.4. The van der Waals surface area contributed by atoms with Crippen LogP contribution in [0.2, 0.25) is 0 Å². The molecule has 0 saturated heterocycles. The summed E-state index contributed by atoms with van der Waals surface area (Å²) in [4.78, 5) is 0. The summed E-state index contributed by atoms with van der Waals surface area (Å²) in [7, 11) is 9.87. The standard InChI is InChI=1S/2C13H21.2ClH.Zr/c2*1-10(2)9-13(4,5)12-7-6-11(3)8-12;;;/h2*6-8,10H,9H2,1-5H3;2*1H;/q2*-1;;;+4/p-2. The molecule has 0 nitrogen and oxygen atoms in total. The van der Waals surface area contributed by atoms with E-state index in [1.165, 1.54) is 35.1 Å². The Labute approximate surface area is 200 Å². The van der Waals surface area contributed by atoms with Crippen molar-refractivity contribution in [3.05, 3.63) is 58.7 Å². The Kier molecular flexibility index (Phi) is 13.6. The third-order valence-electron chi connectivity index (χ3n) is 5.22. The molecule has 0 amide bonds. The molecular formula is C26H42Cl2Zr. The molecule has 0 fully saturated rings. The van der Waals surface area contributed by atoms with Crippen LogP contribution in [0.25, 0.3) is 0 Å². The molecule has 0 radical (unpaired) electrons. The van der Waals surface area contributed by atoms with Gasteiger partial charge in [0.25, 0.3) is 0 Å². The van der Waals surface area contributed by atoms with Crippen molar-refractivity contribution in [2.24, 2.45) is 11.8 Å². The first kappa shape index (κ1) is 29.2. The van der Waals surface area contributed by atoms with Gasteiger partial charge in [-0.1, -0.05) is 92.9 Å². The first-order chi connectivity index (χ1) is 13.2. The number of aryl methyl sites for hydroxylation is 2. The van der Waals surface area contributed by atoms with Gasteiger partial charge >= 0.3 is 37.9 Å². The van der Waals surface area contributed by atoms with E-state index in [1.54, 1.807) is 0 Å². The van der Waals surface area contributed by atoms with Crippen molar-refractivity contribution in [3.8, 4) is 0 Å². The maximum atomic E-state index is 4.93. The molecule has 0 aliphatic heterocycles. The van der Waals surface area contributed by atoms with E-state index in [0.29, 0.717) is 10.8 Å². The monoisotopic (exact) mass is 514 g/mol. The molecule has 2 rings (SSSR count). The minimum atomic E-state index is -0.826. The number of hydrogen-bond acceptors (Lipinski definition) is 0. The fraction of sp³-hybridized carbons (Fsp3) is 0.615. The predicted molar refractivity (Wildman–Crippen MR) is 130 cm³/mol. The van der Waals surface area contributed by atoms with E-state index in [0.717, 1.165) is 11.8 Å². The minimum absolute atomic E-state index is 0.336. The average Bonchev–Trinajstić information content (AvgIpc) is 3.15. The van der Waals surface area contributed by atoms with Crippen LogP contribution in [0.3, 0.4) is 0 Å². The molecule has 0 unspecified atom stereocenters. The molecule has 2 aromatic carbocycles. The first-order valence-corrected chi connectivity index (χ1v) is 17.0. The van der Waals surface area contributed by atoms with Gasteiger partial charge in [0.2, 0.25) is 0 Å². The van der Waals surface area contributed by atoms with E-state index >= 15 is 0 Å². The van der Waals surface area contributed by atoms with Crippen molar-refractivity contribution in [1.29, 1.82) is 0 Å². The molecular weight excluding hydrogens is 474 g/mol. The van der Waals surface area contributed by atoms with Crippen molar-refractivity contribution < 1.29 is 20.8 Å². The third kappa shape index (κ3) is 12.0. The van der Waals surface area contributed by atoms with Gasteiger partial charge in [-0.25, -0.2) is 12.1 Å². The second-order valence-corrected chi connectivity index (χ2v) is 14.1. The van der Waals surface area contributed by atoms with Gasteiger partial charge < -0.3 is 0 Å². The summed E-state index contributed by atoms with van der Waals surface area (Å²) in [5, 5.41) is 0. The SMILES string of the molecule is C[c-]1ccc(C(C)(C)CC(C)C)c1.C[c-]1ccc(C(C)(C)CC(C)C)c1.[Cl][Zr+2][Cl]. The van der Waals surface area contributed by atoms with Crippen LogP contribution in [0.4, 0.5) is 0 Å². The van der Waals surface area contributed by atoms with E-state index in [4.69, 9.17) is 17.0 Å². The van der Waals surface area contributed by atoms with Crippen molar-refractivity contribution in [3.63, 3.8) is 0 Å². The molecule has 164 valence electrons. The molecule has 0 saturated carbocycles. The van der Waals surface area contributed by atoms with Gasteiger partial charge in [0, 0.05) is 0 Å². The zero-order valence-electron chi connectivity index (χ0n) is 20.3. The van der Waals surface area contributed by atoms with Gasteiger partial charge in [-0.3, -0.25) is 0 Å². The molecule has 0 bridgehead atoms. The van der Waals surface area contributed by atoms with Crippen LogP contribution in [0.5, 0.6) is 0 Å². The molecule has 0 N–H and O–H groups in total. The van der Waals surface area contributed by atoms with Crippen LogP contribution in [0.1, 0.15) is 90.5 Å². The van der Waals surface area contributed by atoms with E-state index in [1.807, 2.05) is 0 Å². The van der Waals surface area contributed by atoms with Crippen LogP contribution >= 0.6 is 17.0 Å². The summed E-state index contributed by atoms with van der Waals surface area (Å²) in [5.74, 6) is 1.54. The van der Waals surface area contributed by atoms with E-state index in [9.17, 15) is 0 Å². The average molecular weight is 517 g/mol. The zero-order chi connectivity index (χ0) is 22.8. The zero-order valence-corrected chi connectivity index (χ0v) is 24.3. The molecule has 29 heavy (non-hydrogen) atoms. The third-order valence-corrected chi connectivity index (χ3v) is 5.22. The van der Waals surface area contributed by atoms with Crippen LogP contribution in [-0.4, -0.2) is 0 Å². The summed E-state index contributed by atoms with van der Waals surface area (Å²) in [6.45, 7) is 22.8. The van der Waals surface area contributed by atoms with Gasteiger partial charge in [-0.2, -0.15) is 46.5 Å². The van der Waals surface area contributed by atoms with Crippen LogP contribution in [0, 0.1) is 25.7 Å². The molecule has 2 aromatic rings. The van der Waals surface area contributed by atoms with Gasteiger partial charge in [-0.05, 0) is 11.8 Å². The molecule has 3 heteroatoms. The van der Waals surface area contributed by atoms with Gasteiger partial charge in [-0.15, -0.1) is 0 Å². The summed E-state index contributed by atoms with van der Waals surface area (Å²) in [6, 6.07) is 13.6. The van der Waals surface area contributed by atoms with E-state index in [2.05, 4.69) is 106 Å². The Balaban J connectivity index is 0.000000477. The van der Waals surface area contributed by atoms with Crippen LogP contribution in [0.15, 0.2) is 36.4 Å². The first-order valence-electron chi connectivity index (χ1n) is 10.7. The normalized spacial score (nSPS) is 11.5. The Bertz CT molecular complexity index is 616. The quantitative estimate of drug-likeness (QED) is 0.335. The van der Waals surface area contributed by atoms with Gasteiger partial charge in [0.15, 0.2) is 0 Å². The van der Waals surface area contributed by atoms with E-state index in [-0.39, 0.29) is 0 Å². The Morgan fingerprint density at radius 2 is 1.03 bits per heavy atom. The summed E-state index contributed by atoms with van der Waals surface area (Å²) in [5.41, 5.74) is 6.40. The van der Waals surface area contributed by atoms with Crippen molar-refractivity contribution in [2.45, 2.75) is 92.9 Å². The Morgan fingerprint density at radius 3 is 1.21 bits per heavy atom. The summed E-state index contributed by atoms with van der Waals surface area (Å²) >= 11 is -0.826. The number of rotatable bonds is 6. The van der Waals surface area contributed by atoms with Gasteiger partial charge in [0.1, 0.15) is 0 Å². The molecule has 0 aromatic heterocycles. The van der Waals surface area contributed by atoms with Crippen LogP contribution < -0.4 is 0 Å². The Hall–Kier alpha value is 0.163. The maximum absolute atomic E-state index is 4.93. The molecule has 0 heterocycles. The summed E-state index contributed by atoms with van der Waals surface area (Å²) < 4.78 is 0. The molecule has 0 atom stereocenters. The fourth-order valence-corrected chi connectivity index (χ4v) is 4.24. The van der Waals surface area contributed by atoms with Gasteiger partial charge in [0.05, 0.1) is 0 Å². The van der Waals surface area contributed by atoms with E-state index < -0.39 is 20.8 Å². The van der Waals surface area contributed by atoms with Crippen molar-refractivity contribution >= 4 is 17.0 Å². The van der Waals surface area contributed by atoms with Crippen LogP contribution in [-0.2, 0) is 31.7 Å². The molecule has 0 aliphatic carbocycles. The topological polar surface area (TPSA) is 0 Å². The predicted octanol–water partition coefficient (Wildman–Crippen LogP) is 9.45. The second kappa shape index (κ2) is 13.5. The number of halogens is 2. The molecule has 0 aliphatic rings. The Morgan fingerprint density at radius 1 is 0.759 bits per heavy atom.